The van der Waals surface area contributed by atoms with Gasteiger partial charge in [0.2, 0.25) is 5.75 Å². The Bertz CT molecular complexity index is 1180. The van der Waals surface area contributed by atoms with Crippen molar-refractivity contribution in [3.8, 4) is 23.0 Å². The first-order valence-electron chi connectivity index (χ1n) is 14.9. The monoisotopic (exact) mass is 603 g/mol. The van der Waals surface area contributed by atoms with Crippen LogP contribution in [0.4, 0.5) is 0 Å². The third kappa shape index (κ3) is 12.6. The van der Waals surface area contributed by atoms with Gasteiger partial charge in [-0.05, 0) is 54.9 Å². The van der Waals surface area contributed by atoms with Gasteiger partial charge in [0.05, 0.1) is 30.0 Å². The Labute approximate surface area is 250 Å². The number of allylic oxidation sites excluding steroid dienone is 1. The van der Waals surface area contributed by atoms with Crippen molar-refractivity contribution in [3.63, 3.8) is 0 Å². The first-order chi connectivity index (χ1) is 19.9. The van der Waals surface area contributed by atoms with Gasteiger partial charge in [0.25, 0.3) is 11.2 Å². The van der Waals surface area contributed by atoms with E-state index in [2.05, 4.69) is 11.9 Å². The topological polar surface area (TPSA) is 88.3 Å². The molecule has 1 radical (unpaired) electrons. The summed E-state index contributed by atoms with van der Waals surface area (Å²) >= 11 is 1.62. The Hall–Kier alpha value is -2.41. The Kier molecular flexibility index (Phi) is 14.7. The molecule has 2 aromatic rings. The van der Waals surface area contributed by atoms with Crippen molar-refractivity contribution < 1.29 is 28.0 Å². The van der Waals surface area contributed by atoms with Crippen molar-refractivity contribution in [2.45, 2.75) is 97.3 Å². The van der Waals surface area contributed by atoms with E-state index in [1.807, 2.05) is 19.2 Å². The molecule has 1 aliphatic rings. The summed E-state index contributed by atoms with van der Waals surface area (Å²) in [6.07, 6.45) is 17.8. The highest BCUT2D eigenvalue weighted by Crippen LogP contribution is 2.49. The molecule has 0 fully saturated rings. The number of hydrogen-bond donors (Lipinski definition) is 1. The fourth-order valence-electron chi connectivity index (χ4n) is 4.65. The zero-order valence-corrected chi connectivity index (χ0v) is 26.5. The normalized spacial score (nSPS) is 14.2. The van der Waals surface area contributed by atoms with E-state index in [1.165, 1.54) is 71.3 Å². The van der Waals surface area contributed by atoms with Gasteiger partial charge in [0, 0.05) is 0 Å². The highest BCUT2D eigenvalue weighted by molar-refractivity contribution is 8.17. The van der Waals surface area contributed by atoms with E-state index in [-0.39, 0.29) is 17.2 Å². The van der Waals surface area contributed by atoms with Gasteiger partial charge in [-0.3, -0.25) is 4.89 Å². The highest BCUT2D eigenvalue weighted by atomic mass is 32.2. The quantitative estimate of drug-likeness (QED) is 0.112. The van der Waals surface area contributed by atoms with Crippen molar-refractivity contribution >= 4 is 24.6 Å². The van der Waals surface area contributed by atoms with Crippen LogP contribution in [0.2, 0.25) is 0 Å². The van der Waals surface area contributed by atoms with Crippen molar-refractivity contribution in [2.75, 3.05) is 13.7 Å². The van der Waals surface area contributed by atoms with Gasteiger partial charge in [0.15, 0.2) is 11.5 Å². The van der Waals surface area contributed by atoms with Crippen LogP contribution in [0.1, 0.15) is 96.5 Å². The molecule has 0 aromatic heterocycles. The summed E-state index contributed by atoms with van der Waals surface area (Å²) < 4.78 is 35.1. The molecular formula is C32H46NO6PS+. The van der Waals surface area contributed by atoms with Crippen LogP contribution < -0.4 is 23.5 Å². The van der Waals surface area contributed by atoms with E-state index in [4.69, 9.17) is 18.5 Å². The minimum atomic E-state index is -4.50. The molecule has 0 aliphatic carbocycles. The maximum atomic E-state index is 12.9. The molecule has 0 spiro atoms. The number of benzene rings is 2. The minimum absolute atomic E-state index is 0.0833. The number of aliphatic imine (C=N–C) groups is 1. The zero-order chi connectivity index (χ0) is 29.3. The summed E-state index contributed by atoms with van der Waals surface area (Å²) in [4.78, 5) is 16.0. The van der Waals surface area contributed by atoms with Crippen molar-refractivity contribution in [3.05, 3.63) is 59.1 Å². The standard InChI is InChI=1S/C32H46NO6PS/c1-4-5-6-7-8-9-10-11-12-13-14-15-22-37-29-20-17-21-30(32(29)36-3)39-40(34,35)38-28-19-16-18-27(23-28)24-31-33-25-26(2)41-31/h16-21,23,25H,4-15,22,24H2,1-3H3,(H,34,35)/q+1. The Morgan fingerprint density at radius 2 is 1.49 bits per heavy atom. The smallest absolute Gasteiger partial charge is 0.490 e. The summed E-state index contributed by atoms with van der Waals surface area (Å²) in [5.74, 6) is 1.05. The molecule has 1 heterocycles. The number of nitrogens with zero attached hydrogens (tertiary/aromatic N) is 1. The number of methoxy groups -OCH3 is 1. The Balaban J connectivity index is 1.41. The van der Waals surface area contributed by atoms with E-state index in [1.54, 1.807) is 48.2 Å². The van der Waals surface area contributed by atoms with Crippen LogP contribution in [0.15, 0.2) is 53.6 Å². The minimum Gasteiger partial charge on any atom is -0.490 e. The molecule has 2 aromatic carbocycles. The largest absolute Gasteiger partial charge is 0.585 e. The van der Waals surface area contributed by atoms with Gasteiger partial charge >= 0.3 is 7.82 Å². The number of phosphoric acid groups is 1. The van der Waals surface area contributed by atoms with Crippen LogP contribution in [-0.4, -0.2) is 23.7 Å². The summed E-state index contributed by atoms with van der Waals surface area (Å²) in [6.45, 7) is 4.80. The summed E-state index contributed by atoms with van der Waals surface area (Å²) in [5.41, 5.74) is 0.919. The maximum absolute atomic E-state index is 12.9. The molecule has 225 valence electrons. The van der Waals surface area contributed by atoms with Gasteiger partial charge in [-0.25, -0.2) is 4.57 Å². The summed E-state index contributed by atoms with van der Waals surface area (Å²) in [5, 5.41) is 0.966. The number of unbranched alkanes of at least 4 members (excludes halogenated alkanes) is 11. The molecule has 1 aliphatic heterocycles. The zero-order valence-electron chi connectivity index (χ0n) is 24.8. The molecule has 9 heteroatoms. The SMILES string of the molecule is CCCCCCCCCCCCCCOc1cccc(OP(=O)(O)Oc2cccc(CC3=[N+]C=C(C)S3)c2)c1OC. The number of rotatable bonds is 21. The lowest BCUT2D eigenvalue weighted by Crippen LogP contribution is -2.04. The number of thioether (sulfide) groups is 1. The molecule has 41 heavy (non-hydrogen) atoms. The van der Waals surface area contributed by atoms with Crippen LogP contribution >= 0.6 is 19.6 Å². The predicted molar refractivity (Wildman–Crippen MR) is 169 cm³/mol. The second kappa shape index (κ2) is 18.2. The maximum Gasteiger partial charge on any atom is 0.585 e. The first kappa shape index (κ1) is 33.1. The van der Waals surface area contributed by atoms with E-state index in [0.29, 0.717) is 18.8 Å². The van der Waals surface area contributed by atoms with E-state index in [0.717, 1.165) is 28.4 Å². The molecule has 0 bridgehead atoms. The number of phosphoric ester groups is 1. The number of para-hydroxylation sites is 1. The average molecular weight is 604 g/mol. The van der Waals surface area contributed by atoms with Gasteiger partial charge in [0.1, 0.15) is 5.75 Å². The summed E-state index contributed by atoms with van der Waals surface area (Å²) in [7, 11) is -3.03. The van der Waals surface area contributed by atoms with Gasteiger partial charge in [-0.15, -0.1) is 0 Å². The fraction of sp³-hybridized carbons (Fsp3) is 0.531. The molecule has 1 atom stereocenters. The highest BCUT2D eigenvalue weighted by Gasteiger charge is 2.28. The Morgan fingerprint density at radius 3 is 2.12 bits per heavy atom. The molecule has 0 saturated carbocycles. The van der Waals surface area contributed by atoms with Crippen molar-refractivity contribution in [2.24, 2.45) is 0 Å². The van der Waals surface area contributed by atoms with E-state index in [9.17, 15) is 9.46 Å². The average Bonchev–Trinajstić information content (AvgIpc) is 3.35. The molecule has 0 saturated heterocycles. The van der Waals surface area contributed by atoms with Crippen LogP contribution in [-0.2, 0) is 11.0 Å². The van der Waals surface area contributed by atoms with Gasteiger partial charge in [-0.2, -0.15) is 0 Å². The van der Waals surface area contributed by atoms with Crippen LogP contribution in [0.25, 0.3) is 0 Å². The van der Waals surface area contributed by atoms with Gasteiger partial charge < -0.3 is 18.5 Å². The van der Waals surface area contributed by atoms with Crippen LogP contribution in [0, 0.1) is 0 Å². The fourth-order valence-corrected chi connectivity index (χ4v) is 6.28. The second-order valence-corrected chi connectivity index (χ2v) is 13.0. The first-order valence-corrected chi connectivity index (χ1v) is 17.2. The second-order valence-electron chi connectivity index (χ2n) is 10.4. The lowest BCUT2D eigenvalue weighted by atomic mass is 10.1. The number of ether oxygens (including phenoxy) is 2. The third-order valence-corrected chi connectivity index (χ3v) is 8.54. The summed E-state index contributed by atoms with van der Waals surface area (Å²) in [6, 6.07) is 12.1. The van der Waals surface area contributed by atoms with Crippen LogP contribution in [0.3, 0.4) is 0 Å². The lowest BCUT2D eigenvalue weighted by Gasteiger charge is -2.18. The third-order valence-electron chi connectivity index (χ3n) is 6.76. The molecule has 0 amide bonds. The molecule has 3 rings (SSSR count). The molecule has 7 nitrogen and oxygen atoms in total. The van der Waals surface area contributed by atoms with Crippen molar-refractivity contribution in [1.29, 1.82) is 0 Å². The van der Waals surface area contributed by atoms with Crippen LogP contribution in [0.5, 0.6) is 23.0 Å². The van der Waals surface area contributed by atoms with E-state index >= 15 is 0 Å². The van der Waals surface area contributed by atoms with Gasteiger partial charge in [-0.1, -0.05) is 95.8 Å². The number of hydrogen-bond acceptors (Lipinski definition) is 7. The van der Waals surface area contributed by atoms with E-state index < -0.39 is 7.82 Å². The van der Waals surface area contributed by atoms with Crippen molar-refractivity contribution in [1.82, 2.24) is 4.99 Å². The molecule has 1 N–H and O–H groups in total. The lowest BCUT2D eigenvalue weighted by molar-refractivity contribution is 0.267. The predicted octanol–water partition coefficient (Wildman–Crippen LogP) is 9.22. The Morgan fingerprint density at radius 1 is 0.854 bits per heavy atom. The molecular weight excluding hydrogens is 557 g/mol. The molecule has 1 unspecified atom stereocenters.